The summed E-state index contributed by atoms with van der Waals surface area (Å²) in [5, 5.41) is 8.64. The lowest BCUT2D eigenvalue weighted by Gasteiger charge is -2.35. The van der Waals surface area contributed by atoms with Crippen molar-refractivity contribution in [3.05, 3.63) is 72.6 Å². The second kappa shape index (κ2) is 7.39. The zero-order valence-electron chi connectivity index (χ0n) is 14.5. The highest BCUT2D eigenvalue weighted by molar-refractivity contribution is 5.79. The number of carbonyl (C=O) groups is 1. The van der Waals surface area contributed by atoms with E-state index < -0.39 is 0 Å². The van der Waals surface area contributed by atoms with Crippen LogP contribution in [-0.4, -0.2) is 51.8 Å². The Labute approximate surface area is 152 Å². The van der Waals surface area contributed by atoms with Gasteiger partial charge >= 0.3 is 0 Å². The maximum absolute atomic E-state index is 12.5. The number of hydrogen-bond acceptors (Lipinski definition) is 4. The second-order valence-corrected chi connectivity index (χ2v) is 6.37. The lowest BCUT2D eigenvalue weighted by atomic mass is 10.1. The van der Waals surface area contributed by atoms with E-state index in [1.807, 2.05) is 76.5 Å². The van der Waals surface area contributed by atoms with Crippen molar-refractivity contribution >= 4 is 11.7 Å². The molecule has 1 fully saturated rings. The topological polar surface area (TPSA) is 54.3 Å². The molecule has 26 heavy (non-hydrogen) atoms. The molecule has 1 amide bonds. The van der Waals surface area contributed by atoms with Gasteiger partial charge in [0.05, 0.1) is 6.42 Å². The third kappa shape index (κ3) is 3.59. The maximum Gasteiger partial charge on any atom is 0.227 e. The first kappa shape index (κ1) is 16.3. The van der Waals surface area contributed by atoms with Crippen LogP contribution in [0.4, 0.5) is 5.82 Å². The van der Waals surface area contributed by atoms with Gasteiger partial charge in [-0.1, -0.05) is 30.3 Å². The number of hydrogen-bond donors (Lipinski definition) is 0. The fourth-order valence-corrected chi connectivity index (χ4v) is 3.18. The van der Waals surface area contributed by atoms with Crippen LogP contribution in [0.25, 0.3) is 5.82 Å². The summed E-state index contributed by atoms with van der Waals surface area (Å²) >= 11 is 0. The third-order valence-corrected chi connectivity index (χ3v) is 4.66. The molecule has 0 spiro atoms. The van der Waals surface area contributed by atoms with Crippen molar-refractivity contribution in [2.45, 2.75) is 6.42 Å². The first-order valence-electron chi connectivity index (χ1n) is 8.83. The zero-order valence-corrected chi connectivity index (χ0v) is 14.5. The molecule has 0 radical (unpaired) electrons. The van der Waals surface area contributed by atoms with E-state index >= 15 is 0 Å². The minimum absolute atomic E-state index is 0.185. The molecule has 0 saturated carbocycles. The fourth-order valence-electron chi connectivity index (χ4n) is 3.18. The number of amides is 1. The van der Waals surface area contributed by atoms with Crippen LogP contribution in [0.5, 0.6) is 0 Å². The number of carbonyl (C=O) groups excluding carboxylic acids is 1. The normalized spacial score (nSPS) is 14.5. The van der Waals surface area contributed by atoms with Gasteiger partial charge in [-0.15, -0.1) is 10.2 Å². The van der Waals surface area contributed by atoms with Gasteiger partial charge in [0.1, 0.15) is 0 Å². The van der Waals surface area contributed by atoms with E-state index in [1.165, 1.54) is 0 Å². The quantitative estimate of drug-likeness (QED) is 0.726. The Kier molecular flexibility index (Phi) is 4.64. The van der Waals surface area contributed by atoms with Crippen LogP contribution in [0, 0.1) is 0 Å². The predicted octanol–water partition coefficient (Wildman–Crippen LogP) is 2.16. The van der Waals surface area contributed by atoms with Crippen molar-refractivity contribution in [1.82, 2.24) is 19.7 Å². The lowest BCUT2D eigenvalue weighted by Crippen LogP contribution is -2.49. The highest BCUT2D eigenvalue weighted by Gasteiger charge is 2.22. The van der Waals surface area contributed by atoms with Crippen molar-refractivity contribution in [2.24, 2.45) is 0 Å². The lowest BCUT2D eigenvalue weighted by molar-refractivity contribution is -0.130. The standard InChI is InChI=1S/C20H21N5O/c26-20(16-17-6-2-1-3-7-17)25-14-12-24(13-15-25)19-9-8-18(21-22-19)23-10-4-5-11-23/h1-11H,12-16H2. The van der Waals surface area contributed by atoms with Crippen LogP contribution in [0.15, 0.2) is 67.0 Å². The summed E-state index contributed by atoms with van der Waals surface area (Å²) in [7, 11) is 0. The number of nitrogens with zero attached hydrogens (tertiary/aromatic N) is 5. The van der Waals surface area contributed by atoms with Crippen molar-refractivity contribution in [2.75, 3.05) is 31.1 Å². The van der Waals surface area contributed by atoms with E-state index in [9.17, 15) is 4.79 Å². The molecule has 1 saturated heterocycles. The summed E-state index contributed by atoms with van der Waals surface area (Å²) in [4.78, 5) is 16.6. The van der Waals surface area contributed by atoms with Crippen LogP contribution in [-0.2, 0) is 11.2 Å². The molecule has 0 atom stereocenters. The number of aromatic nitrogens is 3. The molecule has 3 heterocycles. The molecule has 132 valence electrons. The molecule has 6 nitrogen and oxygen atoms in total. The zero-order chi connectivity index (χ0) is 17.8. The minimum Gasteiger partial charge on any atom is -0.352 e. The average molecular weight is 347 g/mol. The molecule has 4 rings (SSSR count). The molecule has 3 aromatic rings. The Bertz CT molecular complexity index is 838. The van der Waals surface area contributed by atoms with Gasteiger partial charge in [0.2, 0.25) is 5.91 Å². The van der Waals surface area contributed by atoms with Gasteiger partial charge in [0, 0.05) is 38.6 Å². The van der Waals surface area contributed by atoms with Crippen LogP contribution in [0.1, 0.15) is 5.56 Å². The first-order chi connectivity index (χ1) is 12.8. The average Bonchev–Trinajstić information content (AvgIpc) is 3.24. The number of benzene rings is 1. The van der Waals surface area contributed by atoms with Crippen molar-refractivity contribution in [3.63, 3.8) is 0 Å². The SMILES string of the molecule is O=C(Cc1ccccc1)N1CCN(c2ccc(-n3cccc3)nn2)CC1. The van der Waals surface area contributed by atoms with E-state index in [-0.39, 0.29) is 5.91 Å². The summed E-state index contributed by atoms with van der Waals surface area (Å²) in [5.41, 5.74) is 1.06. The molecule has 2 aromatic heterocycles. The summed E-state index contributed by atoms with van der Waals surface area (Å²) in [6, 6.07) is 17.8. The highest BCUT2D eigenvalue weighted by atomic mass is 16.2. The summed E-state index contributed by atoms with van der Waals surface area (Å²) in [5.74, 6) is 1.84. The maximum atomic E-state index is 12.5. The van der Waals surface area contributed by atoms with E-state index in [4.69, 9.17) is 0 Å². The molecule has 0 bridgehead atoms. The van der Waals surface area contributed by atoms with Crippen LogP contribution in [0.3, 0.4) is 0 Å². The fraction of sp³-hybridized carbons (Fsp3) is 0.250. The molecular formula is C20H21N5O. The molecule has 6 heteroatoms. The van der Waals surface area contributed by atoms with Gasteiger partial charge in [-0.2, -0.15) is 0 Å². The molecule has 0 unspecified atom stereocenters. The van der Waals surface area contributed by atoms with Gasteiger partial charge < -0.3 is 14.4 Å². The second-order valence-electron chi connectivity index (χ2n) is 6.37. The molecular weight excluding hydrogens is 326 g/mol. The number of anilines is 1. The van der Waals surface area contributed by atoms with Gasteiger partial charge in [-0.25, -0.2) is 0 Å². The highest BCUT2D eigenvalue weighted by Crippen LogP contribution is 2.15. The Balaban J connectivity index is 1.34. The number of piperazine rings is 1. The molecule has 1 aliphatic rings. The smallest absolute Gasteiger partial charge is 0.227 e. The Morgan fingerprint density at radius 2 is 1.46 bits per heavy atom. The predicted molar refractivity (Wildman–Crippen MR) is 100 cm³/mol. The van der Waals surface area contributed by atoms with Gasteiger partial charge in [-0.05, 0) is 29.8 Å². The van der Waals surface area contributed by atoms with Gasteiger partial charge in [-0.3, -0.25) is 4.79 Å². The van der Waals surface area contributed by atoms with Crippen molar-refractivity contribution in [1.29, 1.82) is 0 Å². The van der Waals surface area contributed by atoms with E-state index in [0.717, 1.165) is 30.3 Å². The number of rotatable bonds is 4. The molecule has 0 aliphatic carbocycles. The summed E-state index contributed by atoms with van der Waals surface area (Å²) in [6.45, 7) is 2.98. The van der Waals surface area contributed by atoms with Gasteiger partial charge in [0.25, 0.3) is 0 Å². The van der Waals surface area contributed by atoms with E-state index in [1.54, 1.807) is 0 Å². The van der Waals surface area contributed by atoms with Crippen molar-refractivity contribution < 1.29 is 4.79 Å². The Morgan fingerprint density at radius 3 is 2.12 bits per heavy atom. The Morgan fingerprint density at radius 1 is 0.808 bits per heavy atom. The van der Waals surface area contributed by atoms with E-state index in [0.29, 0.717) is 19.5 Å². The van der Waals surface area contributed by atoms with Crippen molar-refractivity contribution in [3.8, 4) is 5.82 Å². The largest absolute Gasteiger partial charge is 0.352 e. The molecule has 0 N–H and O–H groups in total. The summed E-state index contributed by atoms with van der Waals surface area (Å²) < 4.78 is 1.93. The third-order valence-electron chi connectivity index (χ3n) is 4.66. The monoisotopic (exact) mass is 347 g/mol. The minimum atomic E-state index is 0.185. The van der Waals surface area contributed by atoms with Crippen LogP contribution in [0.2, 0.25) is 0 Å². The van der Waals surface area contributed by atoms with Crippen LogP contribution < -0.4 is 4.90 Å². The van der Waals surface area contributed by atoms with E-state index in [2.05, 4.69) is 15.1 Å². The van der Waals surface area contributed by atoms with Gasteiger partial charge in [0.15, 0.2) is 11.6 Å². The molecule has 1 aromatic carbocycles. The summed E-state index contributed by atoms with van der Waals surface area (Å²) in [6.07, 6.45) is 4.35. The first-order valence-corrected chi connectivity index (χ1v) is 8.83. The molecule has 1 aliphatic heterocycles. The van der Waals surface area contributed by atoms with Crippen LogP contribution >= 0.6 is 0 Å². The Hall–Kier alpha value is -3.15.